The molecule has 0 aromatic carbocycles. The first-order valence-corrected chi connectivity index (χ1v) is 5.92. The highest BCUT2D eigenvalue weighted by Gasteiger charge is 2.41. The van der Waals surface area contributed by atoms with Crippen LogP contribution >= 0.6 is 0 Å². The second kappa shape index (κ2) is 6.23. The van der Waals surface area contributed by atoms with Crippen molar-refractivity contribution < 1.29 is 19.4 Å². The van der Waals surface area contributed by atoms with Crippen LogP contribution in [0.1, 0.15) is 19.3 Å². The highest BCUT2D eigenvalue weighted by molar-refractivity contribution is 5.76. The number of aliphatic carboxylic acids is 1. The van der Waals surface area contributed by atoms with E-state index < -0.39 is 17.5 Å². The molecule has 0 bridgehead atoms. The van der Waals surface area contributed by atoms with E-state index in [1.807, 2.05) is 0 Å². The van der Waals surface area contributed by atoms with Crippen LogP contribution in [0.15, 0.2) is 25.3 Å². The van der Waals surface area contributed by atoms with Gasteiger partial charge in [-0.25, -0.2) is 4.79 Å². The molecule has 18 heavy (non-hydrogen) atoms. The molecule has 0 spiro atoms. The molecule has 0 atom stereocenters. The number of ether oxygens (including phenoxy) is 1. The number of nitrogens with zero attached hydrogens (tertiary/aromatic N) is 1. The van der Waals surface area contributed by atoms with Crippen LogP contribution in [-0.4, -0.2) is 41.8 Å². The van der Waals surface area contributed by atoms with E-state index in [1.165, 1.54) is 11.0 Å². The van der Waals surface area contributed by atoms with Crippen LogP contribution < -0.4 is 0 Å². The number of amides is 1. The van der Waals surface area contributed by atoms with Crippen molar-refractivity contribution in [2.24, 2.45) is 5.41 Å². The Hall–Kier alpha value is -1.78. The number of likely N-dealkylation sites (tertiary alicyclic amines) is 1. The Kier molecular flexibility index (Phi) is 4.95. The molecule has 1 rings (SSSR count). The van der Waals surface area contributed by atoms with Gasteiger partial charge in [0.25, 0.3) is 0 Å². The van der Waals surface area contributed by atoms with Crippen molar-refractivity contribution >= 4 is 12.1 Å². The molecule has 0 aromatic heterocycles. The molecule has 1 aliphatic heterocycles. The predicted molar refractivity (Wildman–Crippen MR) is 67.2 cm³/mol. The standard InChI is InChI=1S/C13H19NO4/c1-3-5-13(11(15)16)6-8-14(9-7-13)12(17)18-10-4-2/h3-4H,1-2,5-10H2,(H,15,16). The predicted octanol–water partition coefficient (Wildman–Crippen LogP) is 2.05. The molecule has 0 aromatic rings. The summed E-state index contributed by atoms with van der Waals surface area (Å²) in [4.78, 5) is 24.4. The molecule has 1 heterocycles. The lowest BCUT2D eigenvalue weighted by molar-refractivity contribution is -0.151. The number of carbonyl (C=O) groups is 2. The molecule has 0 unspecified atom stereocenters. The normalized spacial score (nSPS) is 17.9. The largest absolute Gasteiger partial charge is 0.481 e. The number of hydrogen-bond donors (Lipinski definition) is 1. The summed E-state index contributed by atoms with van der Waals surface area (Å²) in [5, 5.41) is 9.29. The van der Waals surface area contributed by atoms with Gasteiger partial charge in [-0.2, -0.15) is 0 Å². The van der Waals surface area contributed by atoms with Gasteiger partial charge in [-0.05, 0) is 19.3 Å². The number of carbonyl (C=O) groups excluding carboxylic acids is 1. The minimum Gasteiger partial charge on any atom is -0.481 e. The maximum absolute atomic E-state index is 11.6. The van der Waals surface area contributed by atoms with Gasteiger partial charge in [-0.15, -0.1) is 6.58 Å². The van der Waals surface area contributed by atoms with Crippen molar-refractivity contribution in [3.05, 3.63) is 25.3 Å². The van der Waals surface area contributed by atoms with Crippen molar-refractivity contribution in [3.8, 4) is 0 Å². The third kappa shape index (κ3) is 3.12. The summed E-state index contributed by atoms with van der Waals surface area (Å²) < 4.78 is 4.92. The molecule has 1 amide bonds. The summed E-state index contributed by atoms with van der Waals surface area (Å²) in [5.41, 5.74) is -0.781. The molecular weight excluding hydrogens is 234 g/mol. The fourth-order valence-electron chi connectivity index (χ4n) is 2.12. The fraction of sp³-hybridized carbons (Fsp3) is 0.538. The number of carboxylic acids is 1. The van der Waals surface area contributed by atoms with Crippen molar-refractivity contribution in [1.29, 1.82) is 0 Å². The molecule has 1 saturated heterocycles. The lowest BCUT2D eigenvalue weighted by atomic mass is 9.76. The maximum atomic E-state index is 11.6. The van der Waals surface area contributed by atoms with Gasteiger partial charge in [-0.1, -0.05) is 18.7 Å². The molecule has 5 nitrogen and oxygen atoms in total. The SMILES string of the molecule is C=CCOC(=O)N1CCC(CC=C)(C(=O)O)CC1. The van der Waals surface area contributed by atoms with Crippen LogP contribution in [0.4, 0.5) is 4.79 Å². The lowest BCUT2D eigenvalue weighted by Crippen LogP contribution is -2.46. The number of carboxylic acid groups (broad SMARTS) is 1. The van der Waals surface area contributed by atoms with Crippen molar-refractivity contribution in [3.63, 3.8) is 0 Å². The smallest absolute Gasteiger partial charge is 0.410 e. The summed E-state index contributed by atoms with van der Waals surface area (Å²) in [6.45, 7) is 8.03. The molecule has 100 valence electrons. The Morgan fingerprint density at radius 2 is 1.89 bits per heavy atom. The van der Waals surface area contributed by atoms with Crippen LogP contribution in [-0.2, 0) is 9.53 Å². The molecule has 5 heteroatoms. The van der Waals surface area contributed by atoms with Crippen LogP contribution in [0.25, 0.3) is 0 Å². The maximum Gasteiger partial charge on any atom is 0.410 e. The Bertz CT molecular complexity index is 343. The van der Waals surface area contributed by atoms with Gasteiger partial charge < -0.3 is 14.7 Å². The number of allylic oxidation sites excluding steroid dienone is 1. The monoisotopic (exact) mass is 253 g/mol. The molecule has 1 N–H and O–H groups in total. The zero-order valence-corrected chi connectivity index (χ0v) is 10.4. The van der Waals surface area contributed by atoms with E-state index in [4.69, 9.17) is 4.74 Å². The quantitative estimate of drug-likeness (QED) is 0.761. The third-order valence-electron chi connectivity index (χ3n) is 3.29. The van der Waals surface area contributed by atoms with Crippen LogP contribution in [0.3, 0.4) is 0 Å². The fourth-order valence-corrected chi connectivity index (χ4v) is 2.12. The van der Waals surface area contributed by atoms with Gasteiger partial charge in [0.15, 0.2) is 0 Å². The Morgan fingerprint density at radius 3 is 2.33 bits per heavy atom. The van der Waals surface area contributed by atoms with Crippen molar-refractivity contribution in [2.45, 2.75) is 19.3 Å². The lowest BCUT2D eigenvalue weighted by Gasteiger charge is -2.37. The van der Waals surface area contributed by atoms with E-state index in [0.29, 0.717) is 32.4 Å². The molecule has 0 aliphatic carbocycles. The van der Waals surface area contributed by atoms with E-state index in [0.717, 1.165) is 0 Å². The summed E-state index contributed by atoms with van der Waals surface area (Å²) in [6, 6.07) is 0. The minimum atomic E-state index is -0.818. The molecule has 0 saturated carbocycles. The Labute approximate surface area is 107 Å². The minimum absolute atomic E-state index is 0.173. The van der Waals surface area contributed by atoms with Crippen LogP contribution in [0.2, 0.25) is 0 Å². The van der Waals surface area contributed by atoms with Crippen LogP contribution in [0, 0.1) is 5.41 Å². The van der Waals surface area contributed by atoms with Crippen molar-refractivity contribution in [1.82, 2.24) is 4.90 Å². The molecule has 1 fully saturated rings. The van der Waals surface area contributed by atoms with E-state index in [2.05, 4.69) is 13.2 Å². The topological polar surface area (TPSA) is 66.8 Å². The number of piperidine rings is 1. The van der Waals surface area contributed by atoms with E-state index in [1.54, 1.807) is 6.08 Å². The average molecular weight is 253 g/mol. The van der Waals surface area contributed by atoms with Gasteiger partial charge in [0.2, 0.25) is 0 Å². The Balaban J connectivity index is 2.57. The van der Waals surface area contributed by atoms with E-state index in [-0.39, 0.29) is 6.61 Å². The highest BCUT2D eigenvalue weighted by Crippen LogP contribution is 2.35. The van der Waals surface area contributed by atoms with E-state index in [9.17, 15) is 14.7 Å². The molecule has 0 radical (unpaired) electrons. The van der Waals surface area contributed by atoms with Gasteiger partial charge in [0.1, 0.15) is 6.61 Å². The zero-order chi connectivity index (χ0) is 13.6. The third-order valence-corrected chi connectivity index (χ3v) is 3.29. The number of hydrogen-bond acceptors (Lipinski definition) is 3. The first-order valence-electron chi connectivity index (χ1n) is 5.92. The first kappa shape index (κ1) is 14.3. The highest BCUT2D eigenvalue weighted by atomic mass is 16.6. The first-order chi connectivity index (χ1) is 8.55. The Morgan fingerprint density at radius 1 is 1.28 bits per heavy atom. The number of rotatable bonds is 5. The van der Waals surface area contributed by atoms with Gasteiger partial charge >= 0.3 is 12.1 Å². The average Bonchev–Trinajstić information content (AvgIpc) is 2.37. The second-order valence-corrected chi connectivity index (χ2v) is 4.43. The summed E-state index contributed by atoms with van der Waals surface area (Å²) in [7, 11) is 0. The molecular formula is C13H19NO4. The zero-order valence-electron chi connectivity index (χ0n) is 10.4. The van der Waals surface area contributed by atoms with Crippen LogP contribution in [0.5, 0.6) is 0 Å². The second-order valence-electron chi connectivity index (χ2n) is 4.43. The van der Waals surface area contributed by atoms with E-state index >= 15 is 0 Å². The van der Waals surface area contributed by atoms with Gasteiger partial charge in [0, 0.05) is 13.1 Å². The summed E-state index contributed by atoms with van der Waals surface area (Å²) in [5.74, 6) is -0.818. The summed E-state index contributed by atoms with van der Waals surface area (Å²) in [6.07, 6.45) is 4.00. The van der Waals surface area contributed by atoms with Gasteiger partial charge in [-0.3, -0.25) is 4.79 Å². The molecule has 1 aliphatic rings. The van der Waals surface area contributed by atoms with Crippen molar-refractivity contribution in [2.75, 3.05) is 19.7 Å². The van der Waals surface area contributed by atoms with Gasteiger partial charge in [0.05, 0.1) is 5.41 Å². The summed E-state index contributed by atoms with van der Waals surface area (Å²) >= 11 is 0.